The zero-order chi connectivity index (χ0) is 10.7. The standard InChI is InChI=1S/C9H8N4S2/c10-9(11)6-4-13-7(5-12-6)15-8-2-1-3-14-8/h1-5H,(H3,10,11). The molecule has 0 aliphatic carbocycles. The second-order valence-electron chi connectivity index (χ2n) is 2.69. The molecule has 0 amide bonds. The van der Waals surface area contributed by atoms with Crippen LogP contribution in [0.3, 0.4) is 0 Å². The Morgan fingerprint density at radius 2 is 2.27 bits per heavy atom. The van der Waals surface area contributed by atoms with Crippen molar-refractivity contribution in [3.8, 4) is 0 Å². The number of nitrogen functional groups attached to an aromatic ring is 1. The number of aromatic nitrogens is 2. The van der Waals surface area contributed by atoms with Gasteiger partial charge in [0.15, 0.2) is 0 Å². The van der Waals surface area contributed by atoms with Crippen LogP contribution in [0.5, 0.6) is 0 Å². The molecular formula is C9H8N4S2. The highest BCUT2D eigenvalue weighted by Crippen LogP contribution is 2.28. The second kappa shape index (κ2) is 4.41. The van der Waals surface area contributed by atoms with Crippen LogP contribution in [0.2, 0.25) is 0 Å². The van der Waals surface area contributed by atoms with Crippen LogP contribution in [0.1, 0.15) is 5.69 Å². The monoisotopic (exact) mass is 236 g/mol. The predicted octanol–water partition coefficient (Wildman–Crippen LogP) is 1.97. The van der Waals surface area contributed by atoms with Gasteiger partial charge in [-0.05, 0) is 11.4 Å². The molecule has 76 valence electrons. The van der Waals surface area contributed by atoms with Crippen molar-refractivity contribution in [1.82, 2.24) is 9.97 Å². The van der Waals surface area contributed by atoms with Crippen molar-refractivity contribution >= 4 is 28.9 Å². The first-order valence-corrected chi connectivity index (χ1v) is 5.83. The highest BCUT2D eigenvalue weighted by Gasteiger charge is 2.02. The summed E-state index contributed by atoms with van der Waals surface area (Å²) in [6.07, 6.45) is 3.14. The molecule has 15 heavy (non-hydrogen) atoms. The summed E-state index contributed by atoms with van der Waals surface area (Å²) in [5, 5.41) is 9.99. The summed E-state index contributed by atoms with van der Waals surface area (Å²) < 4.78 is 1.17. The fourth-order valence-electron chi connectivity index (χ4n) is 0.933. The van der Waals surface area contributed by atoms with Gasteiger partial charge in [0.2, 0.25) is 0 Å². The maximum absolute atomic E-state index is 7.17. The quantitative estimate of drug-likeness (QED) is 0.631. The predicted molar refractivity (Wildman–Crippen MR) is 61.5 cm³/mol. The molecular weight excluding hydrogens is 228 g/mol. The minimum absolute atomic E-state index is 0.0600. The summed E-state index contributed by atoms with van der Waals surface area (Å²) in [6, 6.07) is 4.01. The fourth-order valence-corrected chi connectivity index (χ4v) is 2.56. The maximum Gasteiger partial charge on any atom is 0.143 e. The Balaban J connectivity index is 2.14. The number of rotatable bonds is 3. The zero-order valence-corrected chi connectivity index (χ0v) is 9.31. The largest absolute Gasteiger partial charge is 0.382 e. The lowest BCUT2D eigenvalue weighted by molar-refractivity contribution is 1.04. The van der Waals surface area contributed by atoms with Gasteiger partial charge in [0.25, 0.3) is 0 Å². The molecule has 2 aromatic heterocycles. The third-order valence-electron chi connectivity index (χ3n) is 1.60. The van der Waals surface area contributed by atoms with Crippen molar-refractivity contribution in [2.75, 3.05) is 0 Å². The van der Waals surface area contributed by atoms with E-state index in [0.717, 1.165) is 5.03 Å². The molecule has 2 heterocycles. The van der Waals surface area contributed by atoms with E-state index >= 15 is 0 Å². The molecule has 2 aromatic rings. The number of nitrogens with one attached hydrogen (secondary N) is 1. The van der Waals surface area contributed by atoms with Gasteiger partial charge in [-0.1, -0.05) is 17.8 Å². The van der Waals surface area contributed by atoms with Crippen LogP contribution in [-0.4, -0.2) is 15.8 Å². The molecule has 0 saturated carbocycles. The average Bonchev–Trinajstić information content (AvgIpc) is 2.71. The first-order chi connectivity index (χ1) is 7.25. The van der Waals surface area contributed by atoms with Gasteiger partial charge in [0.05, 0.1) is 16.6 Å². The Kier molecular flexibility index (Phi) is 2.98. The number of nitrogens with two attached hydrogens (primary N) is 1. The molecule has 0 saturated heterocycles. The maximum atomic E-state index is 7.17. The van der Waals surface area contributed by atoms with Crippen molar-refractivity contribution in [1.29, 1.82) is 5.41 Å². The summed E-state index contributed by atoms with van der Waals surface area (Å²) in [6.45, 7) is 0. The lowest BCUT2D eigenvalue weighted by atomic mass is 10.4. The van der Waals surface area contributed by atoms with Crippen molar-refractivity contribution < 1.29 is 0 Å². The third kappa shape index (κ3) is 2.54. The molecule has 4 nitrogen and oxygen atoms in total. The molecule has 6 heteroatoms. The Labute approximate surface area is 95.1 Å². The molecule has 0 aliphatic heterocycles. The van der Waals surface area contributed by atoms with E-state index < -0.39 is 0 Å². The molecule has 0 unspecified atom stereocenters. The van der Waals surface area contributed by atoms with Gasteiger partial charge in [-0.3, -0.25) is 5.41 Å². The SMILES string of the molecule is N=C(N)c1cnc(Sc2cccs2)cn1. The van der Waals surface area contributed by atoms with Gasteiger partial charge >= 0.3 is 0 Å². The minimum Gasteiger partial charge on any atom is -0.382 e. The van der Waals surface area contributed by atoms with Crippen LogP contribution in [-0.2, 0) is 0 Å². The third-order valence-corrected chi connectivity index (χ3v) is 3.56. The number of thiophene rings is 1. The summed E-state index contributed by atoms with van der Waals surface area (Å²) in [4.78, 5) is 8.19. The second-order valence-corrected chi connectivity index (χ2v) is 4.96. The zero-order valence-electron chi connectivity index (χ0n) is 7.68. The summed E-state index contributed by atoms with van der Waals surface area (Å²) in [7, 11) is 0. The van der Waals surface area contributed by atoms with Gasteiger partial charge in [-0.15, -0.1) is 11.3 Å². The molecule has 0 radical (unpaired) electrons. The van der Waals surface area contributed by atoms with Crippen LogP contribution in [0.15, 0.2) is 39.1 Å². The molecule has 0 aliphatic rings. The van der Waals surface area contributed by atoms with Crippen LogP contribution in [0.4, 0.5) is 0 Å². The molecule has 3 N–H and O–H groups in total. The number of amidine groups is 1. The van der Waals surface area contributed by atoms with E-state index in [2.05, 4.69) is 9.97 Å². The van der Waals surface area contributed by atoms with Gasteiger partial charge < -0.3 is 5.73 Å². The normalized spacial score (nSPS) is 10.1. The van der Waals surface area contributed by atoms with Crippen molar-refractivity contribution in [3.05, 3.63) is 35.6 Å². The van der Waals surface area contributed by atoms with E-state index in [1.54, 1.807) is 29.3 Å². The van der Waals surface area contributed by atoms with E-state index in [4.69, 9.17) is 11.1 Å². The van der Waals surface area contributed by atoms with Crippen molar-refractivity contribution in [3.63, 3.8) is 0 Å². The fraction of sp³-hybridized carbons (Fsp3) is 0. The number of hydrogen-bond donors (Lipinski definition) is 2. The molecule has 0 atom stereocenters. The van der Waals surface area contributed by atoms with Crippen LogP contribution in [0.25, 0.3) is 0 Å². The van der Waals surface area contributed by atoms with Crippen molar-refractivity contribution in [2.24, 2.45) is 5.73 Å². The summed E-state index contributed by atoms with van der Waals surface area (Å²) >= 11 is 3.20. The Morgan fingerprint density at radius 3 is 2.80 bits per heavy atom. The molecule has 0 aromatic carbocycles. The van der Waals surface area contributed by atoms with Crippen molar-refractivity contribution in [2.45, 2.75) is 9.24 Å². The lowest BCUT2D eigenvalue weighted by Gasteiger charge is -1.98. The number of nitrogens with zero attached hydrogens (tertiary/aromatic N) is 2. The van der Waals surface area contributed by atoms with E-state index in [1.165, 1.54) is 10.4 Å². The van der Waals surface area contributed by atoms with Crippen LogP contribution < -0.4 is 5.73 Å². The van der Waals surface area contributed by atoms with E-state index in [-0.39, 0.29) is 5.84 Å². The van der Waals surface area contributed by atoms with Gasteiger partial charge in [-0.2, -0.15) is 0 Å². The average molecular weight is 236 g/mol. The molecule has 0 bridgehead atoms. The Hall–Kier alpha value is -1.40. The van der Waals surface area contributed by atoms with E-state index in [1.807, 2.05) is 17.5 Å². The van der Waals surface area contributed by atoms with Crippen LogP contribution in [0, 0.1) is 5.41 Å². The Morgan fingerprint density at radius 1 is 1.40 bits per heavy atom. The minimum atomic E-state index is -0.0600. The Bertz CT molecular complexity index is 449. The smallest absolute Gasteiger partial charge is 0.143 e. The summed E-state index contributed by atoms with van der Waals surface area (Å²) in [5.74, 6) is -0.0600. The molecule has 0 fully saturated rings. The molecule has 0 spiro atoms. The molecule has 2 rings (SSSR count). The highest BCUT2D eigenvalue weighted by atomic mass is 32.2. The number of hydrogen-bond acceptors (Lipinski definition) is 5. The van der Waals surface area contributed by atoms with Gasteiger partial charge in [0.1, 0.15) is 16.6 Å². The highest BCUT2D eigenvalue weighted by molar-refractivity contribution is 8.01. The van der Waals surface area contributed by atoms with Crippen LogP contribution >= 0.6 is 23.1 Å². The van der Waals surface area contributed by atoms with Gasteiger partial charge in [0, 0.05) is 0 Å². The first-order valence-electron chi connectivity index (χ1n) is 4.13. The van der Waals surface area contributed by atoms with Gasteiger partial charge in [-0.25, -0.2) is 9.97 Å². The van der Waals surface area contributed by atoms with E-state index in [0.29, 0.717) is 5.69 Å². The topological polar surface area (TPSA) is 75.7 Å². The first kappa shape index (κ1) is 10.1. The van der Waals surface area contributed by atoms with E-state index in [9.17, 15) is 0 Å². The summed E-state index contributed by atoms with van der Waals surface area (Å²) in [5.41, 5.74) is 5.68. The lowest BCUT2D eigenvalue weighted by Crippen LogP contribution is -2.13.